The number of nitrogens with zero attached hydrogens (tertiary/aromatic N) is 3. The third-order valence-corrected chi connectivity index (χ3v) is 6.50. The average molecular weight is 481 g/mol. The number of rotatable bonds is 9. The van der Waals surface area contributed by atoms with Crippen LogP contribution in [0.2, 0.25) is 0 Å². The van der Waals surface area contributed by atoms with E-state index in [0.29, 0.717) is 10.7 Å². The zero-order valence-electron chi connectivity index (χ0n) is 19.9. The van der Waals surface area contributed by atoms with Crippen molar-refractivity contribution in [3.8, 4) is 0 Å². The van der Waals surface area contributed by atoms with E-state index in [1.165, 1.54) is 23.8 Å². The first kappa shape index (κ1) is 25.2. The summed E-state index contributed by atoms with van der Waals surface area (Å²) < 4.78 is 0. The Labute approximate surface area is 204 Å². The Balaban J connectivity index is 1.65. The molecule has 34 heavy (non-hydrogen) atoms. The highest BCUT2D eigenvalue weighted by molar-refractivity contribution is 7.15. The Kier molecular flexibility index (Phi) is 8.59. The second-order valence-electron chi connectivity index (χ2n) is 8.46. The molecule has 0 fully saturated rings. The molecule has 180 valence electrons. The first-order valence-corrected chi connectivity index (χ1v) is 12.1. The third-order valence-electron chi connectivity index (χ3n) is 5.43. The van der Waals surface area contributed by atoms with E-state index in [1.807, 2.05) is 30.3 Å². The molecule has 2 amide bonds. The zero-order chi connectivity index (χ0) is 24.7. The van der Waals surface area contributed by atoms with Gasteiger partial charge in [-0.3, -0.25) is 9.59 Å². The topological polar surface area (TPSA) is 127 Å². The Morgan fingerprint density at radius 1 is 1.15 bits per heavy atom. The minimum absolute atomic E-state index is 0.00522. The fourth-order valence-corrected chi connectivity index (χ4v) is 4.75. The summed E-state index contributed by atoms with van der Waals surface area (Å²) in [5, 5.41) is 3.45. The van der Waals surface area contributed by atoms with Gasteiger partial charge in [0.1, 0.15) is 0 Å². The van der Waals surface area contributed by atoms with E-state index in [2.05, 4.69) is 27.4 Å². The van der Waals surface area contributed by atoms with Crippen molar-refractivity contribution in [2.75, 3.05) is 19.4 Å². The number of aromatic nitrogens is 1. The van der Waals surface area contributed by atoms with Gasteiger partial charge < -0.3 is 21.7 Å². The summed E-state index contributed by atoms with van der Waals surface area (Å²) in [6, 6.07) is 7.72. The Morgan fingerprint density at radius 2 is 1.88 bits per heavy atom. The molecule has 1 heterocycles. The number of guanidine groups is 1. The second kappa shape index (κ2) is 11.6. The lowest BCUT2D eigenvalue weighted by Crippen LogP contribution is -2.25. The van der Waals surface area contributed by atoms with E-state index in [0.717, 1.165) is 48.2 Å². The van der Waals surface area contributed by atoms with Gasteiger partial charge in [0.15, 0.2) is 11.1 Å². The predicted octanol–water partition coefficient (Wildman–Crippen LogP) is 3.05. The number of nitrogens with two attached hydrogens (primary N) is 2. The van der Waals surface area contributed by atoms with Crippen LogP contribution in [0, 0.1) is 0 Å². The van der Waals surface area contributed by atoms with E-state index in [-0.39, 0.29) is 23.8 Å². The molecular weight excluding hydrogens is 448 g/mol. The van der Waals surface area contributed by atoms with Gasteiger partial charge in [-0.15, -0.1) is 11.3 Å². The number of allylic oxidation sites excluding steroid dienone is 2. The first-order chi connectivity index (χ1) is 16.2. The molecule has 1 aromatic heterocycles. The minimum atomic E-state index is -0.128. The number of amides is 2. The van der Waals surface area contributed by atoms with Crippen molar-refractivity contribution in [3.63, 3.8) is 0 Å². The molecule has 0 bridgehead atoms. The molecule has 0 saturated heterocycles. The molecule has 2 aromatic rings. The van der Waals surface area contributed by atoms with Crippen molar-refractivity contribution in [1.82, 2.24) is 9.88 Å². The van der Waals surface area contributed by atoms with Gasteiger partial charge >= 0.3 is 0 Å². The van der Waals surface area contributed by atoms with Crippen LogP contribution in [0.25, 0.3) is 0 Å². The predicted molar refractivity (Wildman–Crippen MR) is 138 cm³/mol. The zero-order valence-corrected chi connectivity index (χ0v) is 20.7. The molecule has 0 saturated carbocycles. The number of carbonyl (C=O) groups excluding carboxylic acids is 2. The van der Waals surface area contributed by atoms with Crippen LogP contribution in [-0.2, 0) is 24.1 Å². The molecule has 1 aliphatic rings. The lowest BCUT2D eigenvalue weighted by atomic mass is 9.98. The van der Waals surface area contributed by atoms with Crippen LogP contribution in [0.1, 0.15) is 46.3 Å². The van der Waals surface area contributed by atoms with E-state index in [4.69, 9.17) is 11.5 Å². The number of nitrogens with one attached hydrogen (secondary N) is 1. The number of anilines is 1. The van der Waals surface area contributed by atoms with Gasteiger partial charge in [0.2, 0.25) is 5.91 Å². The standard InChI is InChI=1S/C25H32N6O2S/c1-16(32)28-25-30-21(14-8-18-6-12-20(13-7-18)29-24(26)27)22(34-25)15-9-17-4-10-19(11-5-17)23(33)31(2)3/h4-7,10-12,20H,8-9,13-15H2,1-3H3,(H4,26,27,29)(H,28,30,32). The van der Waals surface area contributed by atoms with Crippen LogP contribution < -0.4 is 16.8 Å². The van der Waals surface area contributed by atoms with E-state index < -0.39 is 0 Å². The lowest BCUT2D eigenvalue weighted by Gasteiger charge is -2.13. The summed E-state index contributed by atoms with van der Waals surface area (Å²) in [6.07, 6.45) is 10.3. The Morgan fingerprint density at radius 3 is 2.47 bits per heavy atom. The maximum Gasteiger partial charge on any atom is 0.253 e. The van der Waals surface area contributed by atoms with Crippen LogP contribution in [-0.4, -0.2) is 47.8 Å². The Hall–Kier alpha value is -3.46. The highest BCUT2D eigenvalue weighted by Gasteiger charge is 2.15. The van der Waals surface area contributed by atoms with Crippen LogP contribution in [0.4, 0.5) is 5.13 Å². The summed E-state index contributed by atoms with van der Waals surface area (Å²) in [7, 11) is 3.49. The fraction of sp³-hybridized carbons (Fsp3) is 0.360. The number of hydrogen-bond acceptors (Lipinski definition) is 5. The fourth-order valence-electron chi connectivity index (χ4n) is 3.70. The highest BCUT2D eigenvalue weighted by atomic mass is 32.1. The quantitative estimate of drug-likeness (QED) is 0.376. The van der Waals surface area contributed by atoms with Crippen molar-refractivity contribution in [1.29, 1.82) is 0 Å². The largest absolute Gasteiger partial charge is 0.370 e. The molecule has 1 aliphatic carbocycles. The van der Waals surface area contributed by atoms with E-state index in [9.17, 15) is 9.59 Å². The van der Waals surface area contributed by atoms with Crippen molar-refractivity contribution >= 4 is 34.2 Å². The molecule has 5 N–H and O–H groups in total. The number of benzene rings is 1. The maximum absolute atomic E-state index is 12.1. The molecular formula is C25H32N6O2S. The summed E-state index contributed by atoms with van der Waals surface area (Å²) in [5.41, 5.74) is 15.0. The SMILES string of the molecule is CC(=O)Nc1nc(CCC2=CCC(N=C(N)N)C=C2)c(CCc2ccc(C(=O)N(C)C)cc2)s1. The maximum atomic E-state index is 12.1. The van der Waals surface area contributed by atoms with E-state index >= 15 is 0 Å². The lowest BCUT2D eigenvalue weighted by molar-refractivity contribution is -0.114. The van der Waals surface area contributed by atoms with Gasteiger partial charge in [-0.1, -0.05) is 35.9 Å². The van der Waals surface area contributed by atoms with Gasteiger partial charge in [0, 0.05) is 31.5 Å². The molecule has 0 radical (unpaired) electrons. The molecule has 8 nitrogen and oxygen atoms in total. The molecule has 0 aliphatic heterocycles. The van der Waals surface area contributed by atoms with Gasteiger partial charge in [-0.05, 0) is 49.8 Å². The molecule has 3 rings (SSSR count). The monoisotopic (exact) mass is 480 g/mol. The number of carbonyl (C=O) groups is 2. The van der Waals surface area contributed by atoms with Gasteiger partial charge in [0.25, 0.3) is 5.91 Å². The van der Waals surface area contributed by atoms with Gasteiger partial charge in [0.05, 0.1) is 11.7 Å². The molecule has 0 spiro atoms. The van der Waals surface area contributed by atoms with Crippen molar-refractivity contribution in [2.24, 2.45) is 16.5 Å². The van der Waals surface area contributed by atoms with Crippen LogP contribution in [0.3, 0.4) is 0 Å². The third kappa shape index (κ3) is 7.28. The second-order valence-corrected chi connectivity index (χ2v) is 9.55. The van der Waals surface area contributed by atoms with E-state index in [1.54, 1.807) is 19.0 Å². The summed E-state index contributed by atoms with van der Waals surface area (Å²) in [5.74, 6) is -0.0355. The number of hydrogen-bond donors (Lipinski definition) is 3. The van der Waals surface area contributed by atoms with Crippen molar-refractivity contribution < 1.29 is 9.59 Å². The summed E-state index contributed by atoms with van der Waals surface area (Å²) >= 11 is 1.53. The summed E-state index contributed by atoms with van der Waals surface area (Å²) in [4.78, 5) is 35.2. The number of aryl methyl sites for hydroxylation is 3. The minimum Gasteiger partial charge on any atom is -0.370 e. The molecule has 1 atom stereocenters. The van der Waals surface area contributed by atoms with Gasteiger partial charge in [-0.25, -0.2) is 9.98 Å². The van der Waals surface area contributed by atoms with Crippen LogP contribution >= 0.6 is 11.3 Å². The molecule has 1 unspecified atom stereocenters. The van der Waals surface area contributed by atoms with Gasteiger partial charge in [-0.2, -0.15) is 0 Å². The number of thiazole rings is 1. The highest BCUT2D eigenvalue weighted by Crippen LogP contribution is 2.27. The molecule has 9 heteroatoms. The Bertz CT molecular complexity index is 1110. The van der Waals surface area contributed by atoms with Crippen molar-refractivity contribution in [2.45, 2.75) is 45.1 Å². The average Bonchev–Trinajstić information content (AvgIpc) is 3.17. The molecule has 1 aromatic carbocycles. The number of aliphatic imine (C=N–C) groups is 1. The normalized spacial score (nSPS) is 14.9. The van der Waals surface area contributed by atoms with Crippen molar-refractivity contribution in [3.05, 3.63) is 69.8 Å². The summed E-state index contributed by atoms with van der Waals surface area (Å²) in [6.45, 7) is 1.49. The van der Waals surface area contributed by atoms with Crippen LogP contribution in [0.15, 0.2) is 53.1 Å². The van der Waals surface area contributed by atoms with Crippen LogP contribution in [0.5, 0.6) is 0 Å². The smallest absolute Gasteiger partial charge is 0.253 e. The first-order valence-electron chi connectivity index (χ1n) is 11.2.